The predicted molar refractivity (Wildman–Crippen MR) is 99.0 cm³/mol. The van der Waals surface area contributed by atoms with Gasteiger partial charge in [0.05, 0.1) is 17.4 Å². The Bertz CT molecular complexity index is 939. The number of halogens is 3. The van der Waals surface area contributed by atoms with Gasteiger partial charge in [0, 0.05) is 0 Å². The molecule has 0 aliphatic carbocycles. The molecule has 0 heterocycles. The van der Waals surface area contributed by atoms with Gasteiger partial charge in [0.1, 0.15) is 5.75 Å². The van der Waals surface area contributed by atoms with E-state index in [1.54, 1.807) is 24.3 Å². The van der Waals surface area contributed by atoms with Crippen LogP contribution >= 0.6 is 0 Å². The largest absolute Gasteiger partial charge is 0.573 e. The van der Waals surface area contributed by atoms with E-state index >= 15 is 0 Å². The number of hydrogen-bond donors (Lipinski definition) is 2. The van der Waals surface area contributed by atoms with Gasteiger partial charge in [0.15, 0.2) is 0 Å². The molecule has 1 atom stereocenters. The van der Waals surface area contributed by atoms with Gasteiger partial charge in [-0.25, -0.2) is 13.1 Å². The SMILES string of the molecule is CC(C)c1ccc([C@@H](CC(=O)O)NS(=O)(=O)c2ccc(OC(F)(F)F)cc2)cc1. The van der Waals surface area contributed by atoms with Crippen LogP contribution in [0.25, 0.3) is 0 Å². The number of benzene rings is 2. The number of carboxylic acids is 1. The zero-order chi connectivity index (χ0) is 21.8. The molecular weight excluding hydrogens is 411 g/mol. The van der Waals surface area contributed by atoms with Crippen molar-refractivity contribution >= 4 is 16.0 Å². The molecule has 0 radical (unpaired) electrons. The standard InChI is InChI=1S/C19H20F3NO5S/c1-12(2)13-3-5-14(6-4-13)17(11-18(24)25)23-29(26,27)16-9-7-15(8-10-16)28-19(20,21)22/h3-10,12,17,23H,11H2,1-2H3,(H,24,25)/t17-/m1/s1. The maximum Gasteiger partial charge on any atom is 0.573 e. The number of ether oxygens (including phenoxy) is 1. The molecule has 0 fully saturated rings. The van der Waals surface area contributed by atoms with Crippen molar-refractivity contribution in [3.8, 4) is 5.75 Å². The van der Waals surface area contributed by atoms with Gasteiger partial charge in [0.25, 0.3) is 0 Å². The number of carboxylic acid groups (broad SMARTS) is 1. The van der Waals surface area contributed by atoms with Crippen molar-refractivity contribution in [1.82, 2.24) is 4.72 Å². The molecular formula is C19H20F3NO5S. The van der Waals surface area contributed by atoms with Gasteiger partial charge in [0.2, 0.25) is 10.0 Å². The Morgan fingerprint density at radius 3 is 2.00 bits per heavy atom. The lowest BCUT2D eigenvalue weighted by Crippen LogP contribution is -2.30. The highest BCUT2D eigenvalue weighted by Gasteiger charge is 2.31. The van der Waals surface area contributed by atoms with Crippen molar-refractivity contribution in [3.63, 3.8) is 0 Å². The Hall–Kier alpha value is -2.59. The van der Waals surface area contributed by atoms with E-state index in [9.17, 15) is 26.4 Å². The second-order valence-corrected chi connectivity index (χ2v) is 8.33. The predicted octanol–water partition coefficient (Wildman–Crippen LogP) is 4.20. The first-order valence-corrected chi connectivity index (χ1v) is 10.1. The van der Waals surface area contributed by atoms with Gasteiger partial charge in [-0.1, -0.05) is 38.1 Å². The van der Waals surface area contributed by atoms with Gasteiger partial charge in [-0.3, -0.25) is 4.79 Å². The summed E-state index contributed by atoms with van der Waals surface area (Å²) in [5.41, 5.74) is 1.46. The molecule has 2 N–H and O–H groups in total. The smallest absolute Gasteiger partial charge is 0.481 e. The molecule has 0 saturated carbocycles. The highest BCUT2D eigenvalue weighted by Crippen LogP contribution is 2.26. The molecule has 2 aromatic rings. The number of alkyl halides is 3. The third kappa shape index (κ3) is 6.75. The van der Waals surface area contributed by atoms with E-state index in [0.717, 1.165) is 29.8 Å². The topological polar surface area (TPSA) is 92.7 Å². The first-order chi connectivity index (χ1) is 13.4. The van der Waals surface area contributed by atoms with Crippen LogP contribution in [0.2, 0.25) is 0 Å². The summed E-state index contributed by atoms with van der Waals surface area (Å²) in [7, 11) is -4.19. The van der Waals surface area contributed by atoms with E-state index in [1.165, 1.54) is 0 Å². The summed E-state index contributed by atoms with van der Waals surface area (Å²) in [5.74, 6) is -1.53. The van der Waals surface area contributed by atoms with Crippen molar-refractivity contribution in [2.75, 3.05) is 0 Å². The van der Waals surface area contributed by atoms with E-state index < -0.39 is 40.6 Å². The van der Waals surface area contributed by atoms with Crippen LogP contribution < -0.4 is 9.46 Å². The molecule has 2 rings (SSSR count). The second kappa shape index (κ2) is 8.83. The molecule has 0 saturated heterocycles. The number of rotatable bonds is 8. The summed E-state index contributed by atoms with van der Waals surface area (Å²) in [6, 6.07) is 9.43. The Morgan fingerprint density at radius 1 is 1.03 bits per heavy atom. The minimum atomic E-state index is -4.90. The maximum atomic E-state index is 12.6. The van der Waals surface area contributed by atoms with Crippen LogP contribution in [0, 0.1) is 0 Å². The fourth-order valence-electron chi connectivity index (χ4n) is 2.59. The van der Waals surface area contributed by atoms with Gasteiger partial charge in [-0.2, -0.15) is 0 Å². The van der Waals surface area contributed by atoms with Crippen LogP contribution in [0.15, 0.2) is 53.4 Å². The van der Waals surface area contributed by atoms with E-state index in [-0.39, 0.29) is 10.8 Å². The molecule has 29 heavy (non-hydrogen) atoms. The summed E-state index contributed by atoms with van der Waals surface area (Å²) in [6.07, 6.45) is -5.40. The Morgan fingerprint density at radius 2 is 1.55 bits per heavy atom. The Balaban J connectivity index is 2.26. The van der Waals surface area contributed by atoms with E-state index in [0.29, 0.717) is 5.56 Å². The lowest BCUT2D eigenvalue weighted by Gasteiger charge is -2.19. The van der Waals surface area contributed by atoms with Crippen LogP contribution in [0.4, 0.5) is 13.2 Å². The number of nitrogens with one attached hydrogen (secondary N) is 1. The third-order valence-electron chi connectivity index (χ3n) is 4.05. The van der Waals surface area contributed by atoms with Crippen LogP contribution in [0.3, 0.4) is 0 Å². The minimum absolute atomic E-state index is 0.246. The van der Waals surface area contributed by atoms with Gasteiger partial charge >= 0.3 is 12.3 Å². The summed E-state index contributed by atoms with van der Waals surface area (Å²) in [4.78, 5) is 10.9. The quantitative estimate of drug-likeness (QED) is 0.654. The monoisotopic (exact) mass is 431 g/mol. The zero-order valence-corrected chi connectivity index (χ0v) is 16.4. The average molecular weight is 431 g/mol. The summed E-state index contributed by atoms with van der Waals surface area (Å²) >= 11 is 0. The van der Waals surface area contributed by atoms with Crippen LogP contribution in [0.5, 0.6) is 5.75 Å². The maximum absolute atomic E-state index is 12.6. The van der Waals surface area contributed by atoms with Gasteiger partial charge in [-0.05, 0) is 41.3 Å². The highest BCUT2D eigenvalue weighted by atomic mass is 32.2. The van der Waals surface area contributed by atoms with Crippen LogP contribution in [-0.2, 0) is 14.8 Å². The van der Waals surface area contributed by atoms with Crippen molar-refractivity contribution in [3.05, 3.63) is 59.7 Å². The third-order valence-corrected chi connectivity index (χ3v) is 5.54. The minimum Gasteiger partial charge on any atom is -0.481 e. The number of hydrogen-bond acceptors (Lipinski definition) is 4. The Kier molecular flexibility index (Phi) is 6.91. The summed E-state index contributed by atoms with van der Waals surface area (Å²) in [6.45, 7) is 3.97. The molecule has 10 heteroatoms. The normalized spacial score (nSPS) is 13.3. The lowest BCUT2D eigenvalue weighted by molar-refractivity contribution is -0.274. The van der Waals surface area contributed by atoms with E-state index in [4.69, 9.17) is 5.11 Å². The fourth-order valence-corrected chi connectivity index (χ4v) is 3.82. The summed E-state index contributed by atoms with van der Waals surface area (Å²) in [5, 5.41) is 9.14. The number of carbonyl (C=O) groups is 1. The average Bonchev–Trinajstić information content (AvgIpc) is 2.59. The fraction of sp³-hybridized carbons (Fsp3) is 0.316. The number of sulfonamides is 1. The first-order valence-electron chi connectivity index (χ1n) is 8.57. The van der Waals surface area contributed by atoms with Crippen molar-refractivity contribution in [2.45, 2.75) is 43.5 Å². The molecule has 0 amide bonds. The highest BCUT2D eigenvalue weighted by molar-refractivity contribution is 7.89. The molecule has 158 valence electrons. The van der Waals surface area contributed by atoms with E-state index in [2.05, 4.69) is 9.46 Å². The van der Waals surface area contributed by atoms with E-state index in [1.807, 2.05) is 13.8 Å². The molecule has 0 aromatic heterocycles. The molecule has 0 unspecified atom stereocenters. The summed E-state index contributed by atoms with van der Waals surface area (Å²) < 4.78 is 67.9. The molecule has 6 nitrogen and oxygen atoms in total. The first kappa shape index (κ1) is 22.7. The molecule has 2 aromatic carbocycles. The van der Waals surface area contributed by atoms with Crippen LogP contribution in [-0.4, -0.2) is 25.9 Å². The van der Waals surface area contributed by atoms with Crippen LogP contribution in [0.1, 0.15) is 43.4 Å². The molecule has 0 bridgehead atoms. The van der Waals surface area contributed by atoms with Crippen molar-refractivity contribution in [1.29, 1.82) is 0 Å². The molecule has 0 aliphatic rings. The molecule has 0 aliphatic heterocycles. The number of aliphatic carboxylic acids is 1. The zero-order valence-electron chi connectivity index (χ0n) is 15.6. The lowest BCUT2D eigenvalue weighted by atomic mass is 9.98. The van der Waals surface area contributed by atoms with Gasteiger partial charge < -0.3 is 9.84 Å². The second-order valence-electron chi connectivity index (χ2n) is 6.61. The van der Waals surface area contributed by atoms with Gasteiger partial charge in [-0.15, -0.1) is 13.2 Å². The van der Waals surface area contributed by atoms with Crippen molar-refractivity contribution < 1.29 is 36.2 Å². The molecule has 0 spiro atoms. The Labute approximate surface area is 166 Å². The van der Waals surface area contributed by atoms with Crippen molar-refractivity contribution in [2.24, 2.45) is 0 Å².